The van der Waals surface area contributed by atoms with Gasteiger partial charge in [-0.3, -0.25) is 0 Å². The number of hydrogen-bond acceptors (Lipinski definition) is 6. The van der Waals surface area contributed by atoms with Crippen LogP contribution >= 0.6 is 0 Å². The van der Waals surface area contributed by atoms with Crippen molar-refractivity contribution in [2.24, 2.45) is 0 Å². The molecule has 0 aromatic carbocycles. The molecule has 1 amide bonds. The number of nitrogens with zero attached hydrogens (tertiary/aromatic N) is 3. The van der Waals surface area contributed by atoms with Crippen molar-refractivity contribution in [1.82, 2.24) is 14.7 Å². The number of alkyl halides is 3. The third-order valence-corrected chi connectivity index (χ3v) is 4.70. The van der Waals surface area contributed by atoms with Crippen LogP contribution in [0.1, 0.15) is 39.0 Å². The lowest BCUT2D eigenvalue weighted by atomic mass is 10.1. The summed E-state index contributed by atoms with van der Waals surface area (Å²) in [5.74, 6) is -0.462. The quantitative estimate of drug-likeness (QED) is 0.559. The van der Waals surface area contributed by atoms with Crippen LogP contribution in [0, 0.1) is 0 Å². The zero-order valence-electron chi connectivity index (χ0n) is 15.5. The van der Waals surface area contributed by atoms with Crippen molar-refractivity contribution in [3.05, 3.63) is 11.3 Å². The van der Waals surface area contributed by atoms with Crippen molar-refractivity contribution >= 4 is 16.2 Å². The summed E-state index contributed by atoms with van der Waals surface area (Å²) >= 11 is 0. The van der Waals surface area contributed by atoms with E-state index in [1.807, 2.05) is 0 Å². The fraction of sp³-hybridized carbons (Fsp3) is 0.733. The highest BCUT2D eigenvalue weighted by molar-refractivity contribution is 7.87. The molecule has 0 N–H and O–H groups in total. The summed E-state index contributed by atoms with van der Waals surface area (Å²) < 4.78 is 71.6. The van der Waals surface area contributed by atoms with Gasteiger partial charge in [0.2, 0.25) is 5.88 Å². The smallest absolute Gasteiger partial charge is 0.444 e. The second-order valence-electron chi connectivity index (χ2n) is 7.00. The molecule has 0 spiro atoms. The average molecular weight is 413 g/mol. The van der Waals surface area contributed by atoms with E-state index in [1.54, 1.807) is 27.7 Å². The number of amides is 1. The van der Waals surface area contributed by atoms with Gasteiger partial charge in [-0.05, 0) is 34.1 Å². The molecule has 0 atom stereocenters. The molecule has 12 heteroatoms. The van der Waals surface area contributed by atoms with Crippen molar-refractivity contribution in [2.75, 3.05) is 13.1 Å². The van der Waals surface area contributed by atoms with Crippen LogP contribution in [-0.4, -0.2) is 53.4 Å². The molecular formula is C15H22F3N3O5S. The van der Waals surface area contributed by atoms with Gasteiger partial charge in [-0.15, -0.1) is 0 Å². The van der Waals surface area contributed by atoms with E-state index in [4.69, 9.17) is 4.74 Å². The number of aromatic nitrogens is 2. The molecule has 154 valence electrons. The van der Waals surface area contributed by atoms with Crippen molar-refractivity contribution < 1.29 is 35.3 Å². The first kappa shape index (κ1) is 21.3. The predicted octanol–water partition coefficient (Wildman–Crippen LogP) is 2.47. The van der Waals surface area contributed by atoms with Crippen LogP contribution in [0.15, 0.2) is 0 Å². The van der Waals surface area contributed by atoms with E-state index >= 15 is 0 Å². The lowest BCUT2D eigenvalue weighted by molar-refractivity contribution is -0.0502. The molecule has 0 unspecified atom stereocenters. The van der Waals surface area contributed by atoms with E-state index in [2.05, 4.69) is 9.28 Å². The normalized spacial score (nSPS) is 15.9. The number of fused-ring (bicyclic) bond motifs is 1. The zero-order chi connectivity index (χ0) is 20.6. The average Bonchev–Trinajstić information content (AvgIpc) is 2.68. The Morgan fingerprint density at radius 2 is 1.78 bits per heavy atom. The van der Waals surface area contributed by atoms with Crippen molar-refractivity contribution in [3.8, 4) is 5.88 Å². The Labute approximate surface area is 155 Å². The highest BCUT2D eigenvalue weighted by Crippen LogP contribution is 2.32. The molecule has 27 heavy (non-hydrogen) atoms. The molecule has 0 saturated carbocycles. The summed E-state index contributed by atoms with van der Waals surface area (Å²) in [6.45, 7) is 7.27. The van der Waals surface area contributed by atoms with Gasteiger partial charge >= 0.3 is 21.7 Å². The number of rotatable bonds is 3. The van der Waals surface area contributed by atoms with Gasteiger partial charge in [0.05, 0.1) is 5.69 Å². The van der Waals surface area contributed by atoms with Gasteiger partial charge in [-0.2, -0.15) is 26.7 Å². The van der Waals surface area contributed by atoms with E-state index in [0.29, 0.717) is 5.69 Å². The summed E-state index contributed by atoms with van der Waals surface area (Å²) in [5.41, 5.74) is -5.59. The Morgan fingerprint density at radius 3 is 2.30 bits per heavy atom. The lowest BCUT2D eigenvalue weighted by Crippen LogP contribution is -2.38. The highest BCUT2D eigenvalue weighted by Gasteiger charge is 2.49. The van der Waals surface area contributed by atoms with E-state index in [9.17, 15) is 26.4 Å². The first-order valence-corrected chi connectivity index (χ1v) is 9.73. The molecule has 2 rings (SSSR count). The molecule has 8 nitrogen and oxygen atoms in total. The molecule has 0 saturated heterocycles. The molecular weight excluding hydrogens is 391 g/mol. The second-order valence-corrected chi connectivity index (χ2v) is 8.53. The number of halogens is 3. The van der Waals surface area contributed by atoms with Gasteiger partial charge in [-0.1, -0.05) is 0 Å². The molecule has 1 aliphatic heterocycles. The Hall–Kier alpha value is -1.98. The Bertz CT molecular complexity index is 812. The number of carbonyl (C=O) groups is 1. The van der Waals surface area contributed by atoms with Crippen LogP contribution in [0.25, 0.3) is 0 Å². The zero-order valence-corrected chi connectivity index (χ0v) is 16.3. The van der Waals surface area contributed by atoms with Crippen LogP contribution in [0.3, 0.4) is 0 Å². The number of carbonyl (C=O) groups excluding carboxylic acids is 1. The molecule has 2 heterocycles. The summed E-state index contributed by atoms with van der Waals surface area (Å²) in [4.78, 5) is 13.6. The Kier molecular flexibility index (Phi) is 5.69. The van der Waals surface area contributed by atoms with Gasteiger partial charge in [0.15, 0.2) is 0 Å². The van der Waals surface area contributed by atoms with Crippen LogP contribution in [-0.2, 0) is 34.2 Å². The van der Waals surface area contributed by atoms with Gasteiger partial charge in [0.25, 0.3) is 0 Å². The predicted molar refractivity (Wildman–Crippen MR) is 88.7 cm³/mol. The fourth-order valence-electron chi connectivity index (χ4n) is 2.55. The Balaban J connectivity index is 2.27. The molecule has 0 radical (unpaired) electrons. The summed E-state index contributed by atoms with van der Waals surface area (Å²) in [7, 11) is -5.82. The van der Waals surface area contributed by atoms with Crippen molar-refractivity contribution in [2.45, 2.75) is 58.2 Å². The van der Waals surface area contributed by atoms with Gasteiger partial charge in [-0.25, -0.2) is 9.48 Å². The number of ether oxygens (including phenoxy) is 1. The first-order chi connectivity index (χ1) is 12.2. The van der Waals surface area contributed by atoms with Crippen molar-refractivity contribution in [3.63, 3.8) is 0 Å². The monoisotopic (exact) mass is 413 g/mol. The topological polar surface area (TPSA) is 90.7 Å². The largest absolute Gasteiger partial charge is 0.534 e. The molecule has 0 fully saturated rings. The highest BCUT2D eigenvalue weighted by atomic mass is 32.2. The van der Waals surface area contributed by atoms with Gasteiger partial charge < -0.3 is 13.8 Å². The minimum Gasteiger partial charge on any atom is -0.444 e. The van der Waals surface area contributed by atoms with Crippen LogP contribution in [0.2, 0.25) is 0 Å². The minimum absolute atomic E-state index is 0.0945. The van der Waals surface area contributed by atoms with E-state index in [-0.39, 0.29) is 38.0 Å². The first-order valence-electron chi connectivity index (χ1n) is 8.32. The number of hydrogen-bond donors (Lipinski definition) is 0. The standard InChI is InChI=1S/C15H22F3N3O5S/c1-5-21-12(26-27(23,24)15(16,17)18)10-6-8-20(9-7-11(10)19-21)13(22)25-14(2,3)4/h5-9H2,1-4H3. The van der Waals surface area contributed by atoms with E-state index < -0.39 is 33.2 Å². The third-order valence-electron chi connectivity index (χ3n) is 3.76. The maximum atomic E-state index is 12.7. The SMILES string of the molecule is CCn1nc2c(c1OS(=O)(=O)C(F)(F)F)CCN(C(=O)OC(C)(C)C)CC2. The maximum absolute atomic E-state index is 12.7. The molecule has 1 aromatic rings. The Morgan fingerprint density at radius 1 is 1.19 bits per heavy atom. The van der Waals surface area contributed by atoms with Crippen LogP contribution in [0.4, 0.5) is 18.0 Å². The summed E-state index contributed by atoms with van der Waals surface area (Å²) in [6.07, 6.45) is -0.220. The third kappa shape index (κ3) is 4.85. The van der Waals surface area contributed by atoms with Gasteiger partial charge in [0, 0.05) is 31.6 Å². The molecule has 0 aliphatic carbocycles. The van der Waals surface area contributed by atoms with E-state index in [1.165, 1.54) is 4.90 Å². The minimum atomic E-state index is -5.82. The second kappa shape index (κ2) is 7.21. The maximum Gasteiger partial charge on any atom is 0.534 e. The number of aryl methyl sites for hydroxylation is 1. The summed E-state index contributed by atoms with van der Waals surface area (Å²) in [6, 6.07) is 0. The fourth-order valence-corrected chi connectivity index (χ4v) is 3.04. The summed E-state index contributed by atoms with van der Waals surface area (Å²) in [5, 5.41) is 4.14. The van der Waals surface area contributed by atoms with Crippen LogP contribution < -0.4 is 4.18 Å². The molecule has 1 aliphatic rings. The van der Waals surface area contributed by atoms with Gasteiger partial charge in [0.1, 0.15) is 5.60 Å². The lowest BCUT2D eigenvalue weighted by Gasteiger charge is -2.26. The molecule has 1 aromatic heterocycles. The van der Waals surface area contributed by atoms with Crippen molar-refractivity contribution in [1.29, 1.82) is 0 Å². The van der Waals surface area contributed by atoms with E-state index in [0.717, 1.165) is 4.68 Å². The molecule has 0 bridgehead atoms. The van der Waals surface area contributed by atoms with Crippen LogP contribution in [0.5, 0.6) is 5.88 Å².